The highest BCUT2D eigenvalue weighted by molar-refractivity contribution is 5.76. The van der Waals surface area contributed by atoms with Gasteiger partial charge < -0.3 is 10.3 Å². The molecule has 0 aliphatic carbocycles. The van der Waals surface area contributed by atoms with Gasteiger partial charge in [0, 0.05) is 36.7 Å². The number of amides is 1. The van der Waals surface area contributed by atoms with Gasteiger partial charge in [0.1, 0.15) is 0 Å². The summed E-state index contributed by atoms with van der Waals surface area (Å²) in [5.74, 6) is -0.0684. The molecule has 0 aliphatic heterocycles. The molecule has 1 rings (SSSR count). The van der Waals surface area contributed by atoms with E-state index < -0.39 is 0 Å². The molecule has 0 aliphatic rings. The average molecular weight is 219 g/mol. The highest BCUT2D eigenvalue weighted by atomic mass is 16.1. The van der Waals surface area contributed by atoms with Crippen LogP contribution in [-0.2, 0) is 10.2 Å². The quantitative estimate of drug-likeness (QED) is 0.791. The van der Waals surface area contributed by atoms with E-state index in [2.05, 4.69) is 24.1 Å². The van der Waals surface area contributed by atoms with Crippen LogP contribution in [0.3, 0.4) is 0 Å². The van der Waals surface area contributed by atoms with Gasteiger partial charge in [0.05, 0.1) is 6.07 Å². The Balaban J connectivity index is 2.43. The monoisotopic (exact) mass is 219 g/mol. The molecule has 1 heterocycles. The van der Waals surface area contributed by atoms with Crippen LogP contribution in [0.25, 0.3) is 0 Å². The van der Waals surface area contributed by atoms with Crippen molar-refractivity contribution in [3.63, 3.8) is 0 Å². The molecular formula is C12H17N3O. The molecule has 86 valence electrons. The third-order valence-corrected chi connectivity index (χ3v) is 2.52. The van der Waals surface area contributed by atoms with Gasteiger partial charge in [-0.05, 0) is 12.1 Å². The van der Waals surface area contributed by atoms with Gasteiger partial charge >= 0.3 is 0 Å². The van der Waals surface area contributed by atoms with Crippen molar-refractivity contribution >= 4 is 5.91 Å². The second kappa shape index (κ2) is 5.36. The van der Waals surface area contributed by atoms with Gasteiger partial charge in [0.15, 0.2) is 0 Å². The van der Waals surface area contributed by atoms with Crippen molar-refractivity contribution in [2.24, 2.45) is 0 Å². The third kappa shape index (κ3) is 3.43. The highest BCUT2D eigenvalue weighted by Gasteiger charge is 2.21. The normalized spacial score (nSPS) is 10.8. The van der Waals surface area contributed by atoms with Crippen LogP contribution in [0.15, 0.2) is 18.3 Å². The van der Waals surface area contributed by atoms with E-state index in [1.807, 2.05) is 24.4 Å². The Kier molecular flexibility index (Phi) is 4.12. The molecule has 0 spiro atoms. The summed E-state index contributed by atoms with van der Waals surface area (Å²) < 4.78 is 0. The minimum atomic E-state index is -0.119. The largest absolute Gasteiger partial charge is 0.364 e. The summed E-state index contributed by atoms with van der Waals surface area (Å²) in [6.07, 6.45) is 2.42. The number of carbonyl (C=O) groups excluding carboxylic acids is 1. The van der Waals surface area contributed by atoms with Crippen molar-refractivity contribution in [2.75, 3.05) is 6.54 Å². The molecule has 16 heavy (non-hydrogen) atoms. The fourth-order valence-electron chi connectivity index (χ4n) is 1.42. The van der Waals surface area contributed by atoms with Gasteiger partial charge in [0.2, 0.25) is 5.91 Å². The van der Waals surface area contributed by atoms with Crippen molar-refractivity contribution < 1.29 is 4.79 Å². The van der Waals surface area contributed by atoms with Gasteiger partial charge in [-0.25, -0.2) is 0 Å². The lowest BCUT2D eigenvalue weighted by Gasteiger charge is -2.23. The first-order valence-corrected chi connectivity index (χ1v) is 5.34. The van der Waals surface area contributed by atoms with Crippen molar-refractivity contribution in [3.8, 4) is 6.07 Å². The van der Waals surface area contributed by atoms with Gasteiger partial charge in [-0.2, -0.15) is 5.26 Å². The molecule has 1 amide bonds. The summed E-state index contributed by atoms with van der Waals surface area (Å²) in [7, 11) is 0. The minimum absolute atomic E-state index is 0.0684. The van der Waals surface area contributed by atoms with E-state index in [9.17, 15) is 4.79 Å². The molecule has 1 aromatic heterocycles. The lowest BCUT2D eigenvalue weighted by Crippen LogP contribution is -2.36. The van der Waals surface area contributed by atoms with Crippen LogP contribution >= 0.6 is 0 Å². The summed E-state index contributed by atoms with van der Waals surface area (Å²) in [6.45, 7) is 4.69. The molecule has 2 N–H and O–H groups in total. The number of aromatic nitrogens is 1. The number of H-pyrrole nitrogens is 1. The number of nitrogens with one attached hydrogen (secondary N) is 2. The van der Waals surface area contributed by atoms with Gasteiger partial charge in [-0.15, -0.1) is 0 Å². The summed E-state index contributed by atoms with van der Waals surface area (Å²) in [5, 5.41) is 11.2. The predicted molar refractivity (Wildman–Crippen MR) is 61.7 cm³/mol. The summed E-state index contributed by atoms with van der Waals surface area (Å²) in [5.41, 5.74) is 0.972. The Morgan fingerprint density at radius 1 is 1.62 bits per heavy atom. The number of nitriles is 1. The van der Waals surface area contributed by atoms with Crippen LogP contribution in [0.4, 0.5) is 0 Å². The number of carbonyl (C=O) groups is 1. The number of hydrogen-bond donors (Lipinski definition) is 2. The van der Waals surface area contributed by atoms with Crippen molar-refractivity contribution in [2.45, 2.75) is 32.1 Å². The first-order chi connectivity index (χ1) is 7.56. The number of aromatic amines is 1. The lowest BCUT2D eigenvalue weighted by molar-refractivity contribution is -0.121. The van der Waals surface area contributed by atoms with Crippen LogP contribution in [0, 0.1) is 11.3 Å². The smallest absolute Gasteiger partial charge is 0.221 e. The molecule has 1 aromatic rings. The number of nitrogens with zero attached hydrogens (tertiary/aromatic N) is 1. The number of rotatable bonds is 5. The first kappa shape index (κ1) is 12.3. The zero-order valence-electron chi connectivity index (χ0n) is 9.71. The van der Waals surface area contributed by atoms with Gasteiger partial charge in [-0.3, -0.25) is 4.79 Å². The molecule has 0 radical (unpaired) electrons. The Bertz CT molecular complexity index is 373. The zero-order valence-corrected chi connectivity index (χ0v) is 9.71. The summed E-state index contributed by atoms with van der Waals surface area (Å²) >= 11 is 0. The fraction of sp³-hybridized carbons (Fsp3) is 0.500. The Morgan fingerprint density at radius 2 is 2.38 bits per heavy atom. The van der Waals surface area contributed by atoms with Crippen molar-refractivity contribution in [1.29, 1.82) is 5.26 Å². The van der Waals surface area contributed by atoms with Crippen LogP contribution in [0.5, 0.6) is 0 Å². The predicted octanol–water partition coefficient (Wildman–Crippen LogP) is 1.71. The Labute approximate surface area is 95.7 Å². The maximum absolute atomic E-state index is 11.3. The molecule has 0 aromatic carbocycles. The molecular weight excluding hydrogens is 202 g/mol. The van der Waals surface area contributed by atoms with E-state index in [1.165, 1.54) is 0 Å². The van der Waals surface area contributed by atoms with E-state index in [4.69, 9.17) is 5.26 Å². The molecule has 0 fully saturated rings. The summed E-state index contributed by atoms with van der Waals surface area (Å²) in [6, 6.07) is 5.90. The van der Waals surface area contributed by atoms with E-state index in [0.29, 0.717) is 6.54 Å². The van der Waals surface area contributed by atoms with Gasteiger partial charge in [-0.1, -0.05) is 13.8 Å². The first-order valence-electron chi connectivity index (χ1n) is 5.34. The van der Waals surface area contributed by atoms with Crippen LogP contribution in [0.2, 0.25) is 0 Å². The maximum Gasteiger partial charge on any atom is 0.221 e. The van der Waals surface area contributed by atoms with E-state index in [0.717, 1.165) is 5.69 Å². The second-order valence-electron chi connectivity index (χ2n) is 4.40. The highest BCUT2D eigenvalue weighted by Crippen LogP contribution is 2.19. The van der Waals surface area contributed by atoms with E-state index in [-0.39, 0.29) is 24.2 Å². The van der Waals surface area contributed by atoms with Crippen LogP contribution in [0.1, 0.15) is 32.4 Å². The Hall–Kier alpha value is -1.76. The molecule has 0 atom stereocenters. The van der Waals surface area contributed by atoms with E-state index >= 15 is 0 Å². The van der Waals surface area contributed by atoms with Crippen LogP contribution < -0.4 is 5.32 Å². The minimum Gasteiger partial charge on any atom is -0.364 e. The Morgan fingerprint density at radius 3 is 2.94 bits per heavy atom. The van der Waals surface area contributed by atoms with Crippen molar-refractivity contribution in [1.82, 2.24) is 10.3 Å². The molecule has 0 bridgehead atoms. The fourth-order valence-corrected chi connectivity index (χ4v) is 1.42. The second-order valence-corrected chi connectivity index (χ2v) is 4.40. The standard InChI is InChI=1S/C12H17N3O/c1-12(2,10-5-4-8-14-10)9-15-11(16)6-3-7-13/h4-5,8,14H,3,6,9H2,1-2H3,(H,15,16). The molecule has 0 saturated heterocycles. The topological polar surface area (TPSA) is 68.7 Å². The van der Waals surface area contributed by atoms with Gasteiger partial charge in [0.25, 0.3) is 0 Å². The average Bonchev–Trinajstić information content (AvgIpc) is 2.77. The molecule has 0 saturated carbocycles. The lowest BCUT2D eigenvalue weighted by atomic mass is 9.89. The third-order valence-electron chi connectivity index (χ3n) is 2.52. The number of hydrogen-bond acceptors (Lipinski definition) is 2. The maximum atomic E-state index is 11.3. The SMILES string of the molecule is CC(C)(CNC(=O)CCC#N)c1ccc[nH]1. The molecule has 4 nitrogen and oxygen atoms in total. The zero-order chi connectivity index (χ0) is 12.0. The molecule has 0 unspecified atom stereocenters. The van der Waals surface area contributed by atoms with Crippen LogP contribution in [-0.4, -0.2) is 17.4 Å². The van der Waals surface area contributed by atoms with Crippen molar-refractivity contribution in [3.05, 3.63) is 24.0 Å². The summed E-state index contributed by atoms with van der Waals surface area (Å²) in [4.78, 5) is 14.5. The molecule has 4 heteroatoms. The van der Waals surface area contributed by atoms with E-state index in [1.54, 1.807) is 0 Å².